The van der Waals surface area contributed by atoms with Crippen LogP contribution in [0.25, 0.3) is 0 Å². The van der Waals surface area contributed by atoms with E-state index in [0.717, 1.165) is 31.7 Å². The average Bonchev–Trinajstić information content (AvgIpc) is 2.46. The maximum absolute atomic E-state index is 12.0. The molecule has 2 N–H and O–H groups in total. The second kappa shape index (κ2) is 9.13. The SMILES string of the molecule is CC(CNC(=O)C1CCNCC1)Oc1cccc(Cl)c1.Cl. The fourth-order valence-corrected chi connectivity index (χ4v) is 2.47. The monoisotopic (exact) mass is 332 g/mol. The molecule has 21 heavy (non-hydrogen) atoms. The summed E-state index contributed by atoms with van der Waals surface area (Å²) in [4.78, 5) is 12.0. The highest BCUT2D eigenvalue weighted by atomic mass is 35.5. The number of carbonyl (C=O) groups excluding carboxylic acids is 1. The topological polar surface area (TPSA) is 50.4 Å². The van der Waals surface area contributed by atoms with Crippen LogP contribution in [0, 0.1) is 5.92 Å². The zero-order chi connectivity index (χ0) is 14.4. The van der Waals surface area contributed by atoms with Crippen molar-refractivity contribution in [3.8, 4) is 5.75 Å². The molecule has 0 spiro atoms. The molecule has 0 radical (unpaired) electrons. The third kappa shape index (κ3) is 6.12. The Kier molecular flexibility index (Phi) is 7.86. The normalized spacial score (nSPS) is 16.7. The minimum absolute atomic E-state index is 0. The van der Waals surface area contributed by atoms with E-state index in [1.165, 1.54) is 0 Å². The van der Waals surface area contributed by atoms with Crippen molar-refractivity contribution in [1.82, 2.24) is 10.6 Å². The van der Waals surface area contributed by atoms with Crippen LogP contribution in [0.15, 0.2) is 24.3 Å². The summed E-state index contributed by atoms with van der Waals surface area (Å²) in [6, 6.07) is 7.28. The average molecular weight is 333 g/mol. The van der Waals surface area contributed by atoms with Gasteiger partial charge in [0.15, 0.2) is 0 Å². The number of hydrogen-bond acceptors (Lipinski definition) is 3. The summed E-state index contributed by atoms with van der Waals surface area (Å²) in [7, 11) is 0. The quantitative estimate of drug-likeness (QED) is 0.871. The van der Waals surface area contributed by atoms with Gasteiger partial charge in [-0.1, -0.05) is 17.7 Å². The molecular formula is C15H22Cl2N2O2. The maximum Gasteiger partial charge on any atom is 0.223 e. The van der Waals surface area contributed by atoms with Crippen molar-refractivity contribution in [3.05, 3.63) is 29.3 Å². The smallest absolute Gasteiger partial charge is 0.223 e. The Balaban J connectivity index is 0.00000220. The zero-order valence-corrected chi connectivity index (χ0v) is 13.7. The number of benzene rings is 1. The highest BCUT2D eigenvalue weighted by molar-refractivity contribution is 6.30. The van der Waals surface area contributed by atoms with Gasteiger partial charge in [0.1, 0.15) is 11.9 Å². The Labute approximate surface area is 137 Å². The van der Waals surface area contributed by atoms with E-state index in [1.807, 2.05) is 19.1 Å². The van der Waals surface area contributed by atoms with Crippen molar-refractivity contribution in [1.29, 1.82) is 0 Å². The summed E-state index contributed by atoms with van der Waals surface area (Å²) in [6.45, 7) is 4.29. The van der Waals surface area contributed by atoms with Gasteiger partial charge < -0.3 is 15.4 Å². The molecule has 2 rings (SSSR count). The number of hydrogen-bond donors (Lipinski definition) is 2. The van der Waals surface area contributed by atoms with Gasteiger partial charge in [0, 0.05) is 10.9 Å². The van der Waals surface area contributed by atoms with Gasteiger partial charge in [-0.3, -0.25) is 4.79 Å². The van der Waals surface area contributed by atoms with Crippen molar-refractivity contribution in [2.75, 3.05) is 19.6 Å². The Hall–Kier alpha value is -0.970. The molecule has 1 fully saturated rings. The molecule has 118 valence electrons. The van der Waals surface area contributed by atoms with Gasteiger partial charge in [-0.2, -0.15) is 0 Å². The molecule has 0 aliphatic carbocycles. The molecule has 0 bridgehead atoms. The van der Waals surface area contributed by atoms with Crippen LogP contribution in [0.3, 0.4) is 0 Å². The van der Waals surface area contributed by atoms with Crippen LogP contribution in [-0.4, -0.2) is 31.6 Å². The predicted molar refractivity (Wildman–Crippen MR) is 87.4 cm³/mol. The molecule has 4 nitrogen and oxygen atoms in total. The van der Waals surface area contributed by atoms with Crippen molar-refractivity contribution in [2.45, 2.75) is 25.9 Å². The Morgan fingerprint density at radius 1 is 1.48 bits per heavy atom. The summed E-state index contributed by atoms with van der Waals surface area (Å²) in [6.07, 6.45) is 1.74. The minimum Gasteiger partial charge on any atom is -0.489 e. The first-order valence-corrected chi connectivity index (χ1v) is 7.43. The Morgan fingerprint density at radius 3 is 2.86 bits per heavy atom. The maximum atomic E-state index is 12.0. The van der Waals surface area contributed by atoms with E-state index in [1.54, 1.807) is 12.1 Å². The first kappa shape index (κ1) is 18.1. The van der Waals surface area contributed by atoms with Crippen LogP contribution in [0.2, 0.25) is 5.02 Å². The molecule has 1 aliphatic rings. The molecule has 6 heteroatoms. The van der Waals surface area contributed by atoms with Crippen molar-refractivity contribution in [2.24, 2.45) is 5.92 Å². The summed E-state index contributed by atoms with van der Waals surface area (Å²) in [5, 5.41) is 6.86. The number of amides is 1. The largest absolute Gasteiger partial charge is 0.489 e. The summed E-state index contributed by atoms with van der Waals surface area (Å²) < 4.78 is 5.72. The van der Waals surface area contributed by atoms with E-state index in [-0.39, 0.29) is 30.3 Å². The van der Waals surface area contributed by atoms with Gasteiger partial charge >= 0.3 is 0 Å². The highest BCUT2D eigenvalue weighted by Crippen LogP contribution is 2.18. The van der Waals surface area contributed by atoms with E-state index in [4.69, 9.17) is 16.3 Å². The van der Waals surface area contributed by atoms with Gasteiger partial charge in [0.05, 0.1) is 6.54 Å². The number of rotatable bonds is 5. The molecule has 1 unspecified atom stereocenters. The van der Waals surface area contributed by atoms with Crippen LogP contribution in [0.4, 0.5) is 0 Å². The fraction of sp³-hybridized carbons (Fsp3) is 0.533. The number of nitrogens with one attached hydrogen (secondary N) is 2. The van der Waals surface area contributed by atoms with E-state index < -0.39 is 0 Å². The molecular weight excluding hydrogens is 311 g/mol. The molecule has 1 atom stereocenters. The third-order valence-corrected chi connectivity index (χ3v) is 3.64. The fourth-order valence-electron chi connectivity index (χ4n) is 2.29. The predicted octanol–water partition coefficient (Wildman–Crippen LogP) is 2.64. The summed E-state index contributed by atoms with van der Waals surface area (Å²) in [5.74, 6) is 0.990. The van der Waals surface area contributed by atoms with Gasteiger partial charge in [-0.15, -0.1) is 12.4 Å². The van der Waals surface area contributed by atoms with Gasteiger partial charge in [-0.25, -0.2) is 0 Å². The highest BCUT2D eigenvalue weighted by Gasteiger charge is 2.21. The molecule has 1 aromatic rings. The molecule has 0 aromatic heterocycles. The van der Waals surface area contributed by atoms with Gasteiger partial charge in [0.2, 0.25) is 5.91 Å². The lowest BCUT2D eigenvalue weighted by atomic mass is 9.97. The van der Waals surface area contributed by atoms with E-state index >= 15 is 0 Å². The van der Waals surface area contributed by atoms with Gasteiger partial charge in [0.25, 0.3) is 0 Å². The lowest BCUT2D eigenvalue weighted by Gasteiger charge is -2.23. The van der Waals surface area contributed by atoms with E-state index in [9.17, 15) is 4.79 Å². The number of ether oxygens (including phenoxy) is 1. The zero-order valence-electron chi connectivity index (χ0n) is 12.1. The second-order valence-corrected chi connectivity index (χ2v) is 5.59. The summed E-state index contributed by atoms with van der Waals surface area (Å²) >= 11 is 5.90. The number of piperidine rings is 1. The number of carbonyl (C=O) groups is 1. The van der Waals surface area contributed by atoms with Gasteiger partial charge in [-0.05, 0) is 51.1 Å². The summed E-state index contributed by atoms with van der Waals surface area (Å²) in [5.41, 5.74) is 0. The minimum atomic E-state index is -0.0841. The van der Waals surface area contributed by atoms with E-state index in [0.29, 0.717) is 11.6 Å². The van der Waals surface area contributed by atoms with E-state index in [2.05, 4.69) is 10.6 Å². The van der Waals surface area contributed by atoms with Crippen LogP contribution >= 0.6 is 24.0 Å². The first-order valence-electron chi connectivity index (χ1n) is 7.06. The molecule has 1 aromatic carbocycles. The van der Waals surface area contributed by atoms with Crippen molar-refractivity contribution >= 4 is 29.9 Å². The lowest BCUT2D eigenvalue weighted by Crippen LogP contribution is -2.41. The van der Waals surface area contributed by atoms with Crippen LogP contribution in [0.5, 0.6) is 5.75 Å². The molecule has 0 saturated carbocycles. The number of halogens is 2. The first-order chi connectivity index (χ1) is 9.65. The molecule has 1 heterocycles. The second-order valence-electron chi connectivity index (χ2n) is 5.16. The standard InChI is InChI=1S/C15H21ClN2O2.ClH/c1-11(20-14-4-2-3-13(16)9-14)10-18-15(19)12-5-7-17-8-6-12;/h2-4,9,11-12,17H,5-8,10H2,1H3,(H,18,19);1H. The molecule has 1 amide bonds. The molecule has 1 saturated heterocycles. The van der Waals surface area contributed by atoms with Crippen LogP contribution < -0.4 is 15.4 Å². The van der Waals surface area contributed by atoms with Crippen LogP contribution in [0.1, 0.15) is 19.8 Å². The van der Waals surface area contributed by atoms with Crippen molar-refractivity contribution < 1.29 is 9.53 Å². The Bertz CT molecular complexity index is 451. The molecule has 1 aliphatic heterocycles. The van der Waals surface area contributed by atoms with Crippen molar-refractivity contribution in [3.63, 3.8) is 0 Å². The third-order valence-electron chi connectivity index (χ3n) is 3.41. The lowest BCUT2D eigenvalue weighted by molar-refractivity contribution is -0.126. The Morgan fingerprint density at radius 2 is 2.19 bits per heavy atom. The van der Waals surface area contributed by atoms with Crippen LogP contribution in [-0.2, 0) is 4.79 Å².